The Balaban J connectivity index is 2.90. The fourth-order valence-corrected chi connectivity index (χ4v) is 1.09. The number of nitrogens with two attached hydrogens (primary N) is 1. The van der Waals surface area contributed by atoms with Crippen molar-refractivity contribution in [3.63, 3.8) is 0 Å². The molecule has 0 saturated carbocycles. The first-order valence-corrected chi connectivity index (χ1v) is 3.43. The molecule has 1 rings (SSSR count). The third-order valence-electron chi connectivity index (χ3n) is 0.722. The van der Waals surface area contributed by atoms with Crippen molar-refractivity contribution in [3.8, 4) is 0 Å². The number of hydrogen-bond donors (Lipinski definition) is 1. The monoisotopic (exact) mass is 161 g/mol. The summed E-state index contributed by atoms with van der Waals surface area (Å²) in [5.74, 6) is 4.89. The molecule has 0 saturated heterocycles. The maximum Gasteiger partial charge on any atom is 0.184 e. The zero-order chi connectivity index (χ0) is 6.69. The second kappa shape index (κ2) is 2.80. The summed E-state index contributed by atoms with van der Waals surface area (Å²) < 4.78 is 0. The second-order valence-corrected chi connectivity index (χ2v) is 2.51. The van der Waals surface area contributed by atoms with Gasteiger partial charge in [-0.1, -0.05) is 11.6 Å². The minimum atomic E-state index is 0.255. The fraction of sp³-hybridized carbons (Fsp3) is 0. The number of nitrogens with zero attached hydrogens (tertiary/aromatic N) is 2. The summed E-state index contributed by atoms with van der Waals surface area (Å²) in [6.07, 6.45) is 1.65. The van der Waals surface area contributed by atoms with E-state index in [0.29, 0.717) is 5.01 Å². The number of halogens is 1. The smallest absolute Gasteiger partial charge is 0.184 e. The molecule has 0 unspecified atom stereocenters. The molecule has 0 radical (unpaired) electrons. The Kier molecular flexibility index (Phi) is 2.02. The molecule has 1 aromatic heterocycles. The van der Waals surface area contributed by atoms with E-state index in [-0.39, 0.29) is 5.17 Å². The summed E-state index contributed by atoms with van der Waals surface area (Å²) in [7, 11) is 0. The van der Waals surface area contributed by atoms with Gasteiger partial charge >= 0.3 is 0 Å². The van der Waals surface area contributed by atoms with Crippen LogP contribution in [-0.4, -0.2) is 10.2 Å². The molecule has 0 aliphatic rings. The molecular formula is C4H4ClN3S. The van der Waals surface area contributed by atoms with Gasteiger partial charge in [0, 0.05) is 11.6 Å². The molecule has 0 bridgehead atoms. The molecule has 0 spiro atoms. The van der Waals surface area contributed by atoms with Crippen molar-refractivity contribution in [2.45, 2.75) is 0 Å². The average Bonchev–Trinajstić information content (AvgIpc) is 2.37. The van der Waals surface area contributed by atoms with Gasteiger partial charge in [-0.05, 0) is 0 Å². The molecule has 0 amide bonds. The topological polar surface area (TPSA) is 51.3 Å². The lowest BCUT2D eigenvalue weighted by molar-refractivity contribution is 1.25. The van der Waals surface area contributed by atoms with Crippen molar-refractivity contribution in [1.82, 2.24) is 4.98 Å². The van der Waals surface area contributed by atoms with Crippen LogP contribution in [0.5, 0.6) is 0 Å². The van der Waals surface area contributed by atoms with Gasteiger partial charge in [0.1, 0.15) is 0 Å². The van der Waals surface area contributed by atoms with E-state index in [1.54, 1.807) is 6.20 Å². The van der Waals surface area contributed by atoms with Crippen LogP contribution in [0.3, 0.4) is 0 Å². The Morgan fingerprint density at radius 2 is 2.67 bits per heavy atom. The molecule has 0 fully saturated rings. The molecule has 0 aliphatic heterocycles. The van der Waals surface area contributed by atoms with Gasteiger partial charge in [-0.15, -0.1) is 11.3 Å². The van der Waals surface area contributed by atoms with Crippen molar-refractivity contribution in [3.05, 3.63) is 16.6 Å². The average molecular weight is 162 g/mol. The Labute approximate surface area is 61.2 Å². The van der Waals surface area contributed by atoms with Gasteiger partial charge in [-0.25, -0.2) is 4.98 Å². The van der Waals surface area contributed by atoms with Crippen molar-refractivity contribution < 1.29 is 0 Å². The Hall–Kier alpha value is -0.610. The van der Waals surface area contributed by atoms with E-state index in [1.165, 1.54) is 11.3 Å². The van der Waals surface area contributed by atoms with Crippen LogP contribution in [0.25, 0.3) is 0 Å². The number of thiazole rings is 1. The maximum atomic E-state index is 5.50. The molecule has 5 heteroatoms. The third kappa shape index (κ3) is 1.40. The number of hydrazone groups is 1. The van der Waals surface area contributed by atoms with E-state index < -0.39 is 0 Å². The summed E-state index contributed by atoms with van der Waals surface area (Å²) in [5.41, 5.74) is 0. The highest BCUT2D eigenvalue weighted by Gasteiger charge is 1.99. The quantitative estimate of drug-likeness (QED) is 0.380. The van der Waals surface area contributed by atoms with Gasteiger partial charge in [-0.2, -0.15) is 5.10 Å². The van der Waals surface area contributed by atoms with Crippen molar-refractivity contribution in [2.75, 3.05) is 0 Å². The van der Waals surface area contributed by atoms with Gasteiger partial charge in [-0.3, -0.25) is 0 Å². The summed E-state index contributed by atoms with van der Waals surface area (Å²) >= 11 is 6.91. The number of rotatable bonds is 1. The zero-order valence-electron chi connectivity index (χ0n) is 4.41. The predicted molar refractivity (Wildman–Crippen MR) is 38.7 cm³/mol. The van der Waals surface area contributed by atoms with Crippen LogP contribution in [0.1, 0.15) is 5.01 Å². The van der Waals surface area contributed by atoms with Gasteiger partial charge in [0.15, 0.2) is 10.2 Å². The van der Waals surface area contributed by atoms with Crippen molar-refractivity contribution in [1.29, 1.82) is 0 Å². The van der Waals surface area contributed by atoms with E-state index in [2.05, 4.69) is 10.1 Å². The highest BCUT2D eigenvalue weighted by Crippen LogP contribution is 2.06. The highest BCUT2D eigenvalue weighted by atomic mass is 35.5. The summed E-state index contributed by atoms with van der Waals surface area (Å²) in [6.45, 7) is 0. The first kappa shape index (κ1) is 6.51. The van der Waals surface area contributed by atoms with Crippen LogP contribution in [0, 0.1) is 0 Å². The van der Waals surface area contributed by atoms with E-state index >= 15 is 0 Å². The van der Waals surface area contributed by atoms with Gasteiger partial charge in [0.2, 0.25) is 0 Å². The van der Waals surface area contributed by atoms with Crippen LogP contribution < -0.4 is 5.84 Å². The van der Waals surface area contributed by atoms with E-state index in [9.17, 15) is 0 Å². The van der Waals surface area contributed by atoms with E-state index in [1.807, 2.05) is 5.38 Å². The maximum absolute atomic E-state index is 5.50. The van der Waals surface area contributed by atoms with Crippen LogP contribution in [0.15, 0.2) is 16.7 Å². The van der Waals surface area contributed by atoms with Crippen LogP contribution in [0.4, 0.5) is 0 Å². The van der Waals surface area contributed by atoms with Crippen molar-refractivity contribution >= 4 is 28.1 Å². The molecule has 48 valence electrons. The summed E-state index contributed by atoms with van der Waals surface area (Å²) in [6, 6.07) is 0. The molecule has 1 heterocycles. The minimum absolute atomic E-state index is 0.255. The lowest BCUT2D eigenvalue weighted by Gasteiger charge is -1.83. The molecule has 0 aromatic carbocycles. The summed E-state index contributed by atoms with van der Waals surface area (Å²) in [4.78, 5) is 3.86. The minimum Gasteiger partial charge on any atom is -0.322 e. The van der Waals surface area contributed by atoms with Crippen LogP contribution in [0.2, 0.25) is 0 Å². The van der Waals surface area contributed by atoms with Gasteiger partial charge < -0.3 is 5.84 Å². The predicted octanol–water partition coefficient (Wildman–Crippen LogP) is 1.00. The van der Waals surface area contributed by atoms with Crippen molar-refractivity contribution in [2.24, 2.45) is 10.9 Å². The van der Waals surface area contributed by atoms with Gasteiger partial charge in [0.05, 0.1) is 0 Å². The number of hydrogen-bond acceptors (Lipinski definition) is 4. The Morgan fingerprint density at radius 3 is 3.11 bits per heavy atom. The first-order valence-electron chi connectivity index (χ1n) is 2.18. The fourth-order valence-electron chi connectivity index (χ4n) is 0.381. The van der Waals surface area contributed by atoms with E-state index in [0.717, 1.165) is 0 Å². The SMILES string of the molecule is NN=C(Cl)c1nccs1. The summed E-state index contributed by atoms with van der Waals surface area (Å²) in [5, 5.41) is 5.98. The van der Waals surface area contributed by atoms with Crippen LogP contribution >= 0.6 is 22.9 Å². The van der Waals surface area contributed by atoms with Gasteiger partial charge in [0.25, 0.3) is 0 Å². The van der Waals surface area contributed by atoms with Crippen LogP contribution in [-0.2, 0) is 0 Å². The second-order valence-electron chi connectivity index (χ2n) is 1.26. The number of aromatic nitrogens is 1. The largest absolute Gasteiger partial charge is 0.322 e. The lowest BCUT2D eigenvalue weighted by atomic mass is 10.8. The normalized spacial score (nSPS) is 11.9. The lowest BCUT2D eigenvalue weighted by Crippen LogP contribution is -1.93. The molecule has 0 atom stereocenters. The Morgan fingerprint density at radius 1 is 1.89 bits per heavy atom. The molecule has 1 aromatic rings. The molecule has 0 aliphatic carbocycles. The highest BCUT2D eigenvalue weighted by molar-refractivity contribution is 7.13. The molecular weight excluding hydrogens is 158 g/mol. The zero-order valence-corrected chi connectivity index (χ0v) is 5.99. The first-order chi connectivity index (χ1) is 4.34. The third-order valence-corrected chi connectivity index (χ3v) is 1.89. The molecule has 9 heavy (non-hydrogen) atoms. The van der Waals surface area contributed by atoms with E-state index in [4.69, 9.17) is 17.4 Å². The Bertz CT molecular complexity index is 206. The molecule has 3 nitrogen and oxygen atoms in total. The molecule has 2 N–H and O–H groups in total. The standard InChI is InChI=1S/C4H4ClN3S/c5-3(8-6)4-7-1-2-9-4/h1-2H,6H2.